The van der Waals surface area contributed by atoms with Crippen LogP contribution in [0.15, 0.2) is 24.3 Å². The van der Waals surface area contributed by atoms with E-state index in [1.54, 1.807) is 26.2 Å². The molecule has 0 spiro atoms. The molecule has 0 radical (unpaired) electrons. The molecule has 0 saturated heterocycles. The van der Waals surface area contributed by atoms with E-state index in [9.17, 15) is 9.59 Å². The lowest BCUT2D eigenvalue weighted by Gasteiger charge is -2.24. The summed E-state index contributed by atoms with van der Waals surface area (Å²) in [5, 5.41) is 8.87. The third kappa shape index (κ3) is 4.26. The normalized spacial score (nSPS) is 11.8. The van der Waals surface area contributed by atoms with E-state index in [-0.39, 0.29) is 18.4 Å². The van der Waals surface area contributed by atoms with Crippen LogP contribution in [-0.4, -0.2) is 42.1 Å². The topological polar surface area (TPSA) is 66.8 Å². The van der Waals surface area contributed by atoms with Crippen molar-refractivity contribution >= 4 is 11.9 Å². The molecule has 0 aliphatic rings. The third-order valence-electron chi connectivity index (χ3n) is 3.12. The van der Waals surface area contributed by atoms with Crippen LogP contribution in [0.2, 0.25) is 0 Å². The summed E-state index contributed by atoms with van der Waals surface area (Å²) in [4.78, 5) is 24.6. The molecule has 0 fully saturated rings. The highest BCUT2D eigenvalue weighted by Gasteiger charge is 2.23. The fourth-order valence-electron chi connectivity index (χ4n) is 2.01. The van der Waals surface area contributed by atoms with E-state index in [0.29, 0.717) is 6.54 Å². The minimum absolute atomic E-state index is 0.167. The van der Waals surface area contributed by atoms with E-state index in [2.05, 4.69) is 0 Å². The molecule has 1 aromatic carbocycles. The van der Waals surface area contributed by atoms with E-state index in [1.165, 1.54) is 4.90 Å². The van der Waals surface area contributed by atoms with Gasteiger partial charge in [0.2, 0.25) is 5.91 Å². The van der Waals surface area contributed by atoms with Crippen molar-refractivity contribution in [2.75, 3.05) is 20.2 Å². The van der Waals surface area contributed by atoms with Gasteiger partial charge in [-0.15, -0.1) is 0 Å². The monoisotopic (exact) mass is 279 g/mol. The first kappa shape index (κ1) is 16.0. The maximum Gasteiger partial charge on any atom is 0.323 e. The molecule has 0 heterocycles. The van der Waals surface area contributed by atoms with Crippen molar-refractivity contribution in [3.63, 3.8) is 0 Å². The Labute approximate surface area is 119 Å². The van der Waals surface area contributed by atoms with E-state index in [0.717, 1.165) is 17.7 Å². The predicted molar refractivity (Wildman–Crippen MR) is 75.9 cm³/mol. The molecular weight excluding hydrogens is 258 g/mol. The van der Waals surface area contributed by atoms with Gasteiger partial charge < -0.3 is 14.7 Å². The zero-order chi connectivity index (χ0) is 15.1. The van der Waals surface area contributed by atoms with E-state index in [1.807, 2.05) is 19.1 Å². The molecular formula is C15H21NO4. The van der Waals surface area contributed by atoms with Crippen molar-refractivity contribution in [3.8, 4) is 5.75 Å². The molecule has 1 amide bonds. The van der Waals surface area contributed by atoms with Crippen molar-refractivity contribution in [2.24, 2.45) is 0 Å². The Morgan fingerprint density at radius 1 is 1.30 bits per heavy atom. The number of hydrogen-bond acceptors (Lipinski definition) is 3. The summed E-state index contributed by atoms with van der Waals surface area (Å²) in [6.45, 7) is 3.90. The quantitative estimate of drug-likeness (QED) is 0.830. The summed E-state index contributed by atoms with van der Waals surface area (Å²) in [5.41, 5.74) is 0.849. The van der Waals surface area contributed by atoms with Crippen molar-refractivity contribution < 1.29 is 19.4 Å². The number of nitrogens with zero attached hydrogens (tertiary/aromatic N) is 1. The second-order valence-corrected chi connectivity index (χ2v) is 4.65. The van der Waals surface area contributed by atoms with Gasteiger partial charge in [0, 0.05) is 6.54 Å². The molecule has 0 aliphatic carbocycles. The van der Waals surface area contributed by atoms with Crippen molar-refractivity contribution in [1.82, 2.24) is 4.90 Å². The van der Waals surface area contributed by atoms with Gasteiger partial charge in [0.15, 0.2) is 0 Å². The Hall–Kier alpha value is -2.04. The molecule has 5 heteroatoms. The van der Waals surface area contributed by atoms with E-state index in [4.69, 9.17) is 9.84 Å². The number of hydrogen-bond donors (Lipinski definition) is 1. The Morgan fingerprint density at radius 3 is 2.35 bits per heavy atom. The molecule has 0 aromatic heterocycles. The Kier molecular flexibility index (Phi) is 6.03. The van der Waals surface area contributed by atoms with Gasteiger partial charge in [-0.2, -0.15) is 0 Å². The van der Waals surface area contributed by atoms with Crippen molar-refractivity contribution in [3.05, 3.63) is 29.8 Å². The van der Waals surface area contributed by atoms with Gasteiger partial charge in [0.25, 0.3) is 0 Å². The summed E-state index contributed by atoms with van der Waals surface area (Å²) in [6.07, 6.45) is 0.731. The lowest BCUT2D eigenvalue weighted by Crippen LogP contribution is -2.38. The number of carbonyl (C=O) groups excluding carboxylic acids is 1. The molecule has 1 N–H and O–H groups in total. The first-order valence-corrected chi connectivity index (χ1v) is 6.64. The fraction of sp³-hybridized carbons (Fsp3) is 0.467. The molecule has 0 aliphatic heterocycles. The van der Waals surface area contributed by atoms with Gasteiger partial charge in [0.1, 0.15) is 12.3 Å². The fourth-order valence-corrected chi connectivity index (χ4v) is 2.01. The number of aliphatic carboxylic acids is 1. The maximum atomic E-state index is 12.4. The summed E-state index contributed by atoms with van der Waals surface area (Å²) in [5.74, 6) is -0.802. The summed E-state index contributed by atoms with van der Waals surface area (Å²) in [6, 6.07) is 7.24. The molecule has 0 bridgehead atoms. The molecule has 110 valence electrons. The first-order valence-electron chi connectivity index (χ1n) is 6.64. The average Bonchev–Trinajstić information content (AvgIpc) is 2.45. The second-order valence-electron chi connectivity index (χ2n) is 4.65. The van der Waals surface area contributed by atoms with Crippen LogP contribution >= 0.6 is 0 Å². The highest BCUT2D eigenvalue weighted by molar-refractivity contribution is 5.86. The summed E-state index contributed by atoms with van der Waals surface area (Å²) >= 11 is 0. The minimum Gasteiger partial charge on any atom is -0.497 e. The number of carboxylic acids is 1. The highest BCUT2D eigenvalue weighted by atomic mass is 16.5. The predicted octanol–water partition coefficient (Wildman–Crippen LogP) is 2.12. The van der Waals surface area contributed by atoms with Crippen LogP contribution < -0.4 is 4.74 Å². The molecule has 1 atom stereocenters. The van der Waals surface area contributed by atoms with Crippen LogP contribution in [0.1, 0.15) is 31.7 Å². The van der Waals surface area contributed by atoms with Crippen LogP contribution in [0.25, 0.3) is 0 Å². The van der Waals surface area contributed by atoms with Crippen molar-refractivity contribution in [1.29, 1.82) is 0 Å². The Morgan fingerprint density at radius 2 is 1.90 bits per heavy atom. The largest absolute Gasteiger partial charge is 0.497 e. The molecule has 5 nitrogen and oxygen atoms in total. The van der Waals surface area contributed by atoms with Gasteiger partial charge in [-0.25, -0.2) is 0 Å². The van der Waals surface area contributed by atoms with Gasteiger partial charge in [-0.1, -0.05) is 19.1 Å². The number of rotatable bonds is 7. The van der Waals surface area contributed by atoms with Gasteiger partial charge in [-0.05, 0) is 31.0 Å². The summed E-state index contributed by atoms with van der Waals surface area (Å²) < 4.78 is 5.07. The van der Waals surface area contributed by atoms with Gasteiger partial charge in [0.05, 0.1) is 13.0 Å². The second kappa shape index (κ2) is 7.53. The number of carbonyl (C=O) groups is 2. The van der Waals surface area contributed by atoms with Gasteiger partial charge in [-0.3, -0.25) is 9.59 Å². The Balaban J connectivity index is 2.83. The average molecular weight is 279 g/mol. The molecule has 1 unspecified atom stereocenters. The SMILES string of the molecule is CCCN(CC(=O)O)C(=O)C(C)c1ccc(OC)cc1. The van der Waals surface area contributed by atoms with Crippen LogP contribution in [0, 0.1) is 0 Å². The smallest absolute Gasteiger partial charge is 0.323 e. The number of methoxy groups -OCH3 is 1. The van der Waals surface area contributed by atoms with Crippen LogP contribution in [0.4, 0.5) is 0 Å². The zero-order valence-corrected chi connectivity index (χ0v) is 12.1. The Bertz CT molecular complexity index is 455. The number of carboxylic acid groups (broad SMARTS) is 1. The molecule has 20 heavy (non-hydrogen) atoms. The standard InChI is InChI=1S/C15H21NO4/c1-4-9-16(10-14(17)18)15(19)11(2)12-5-7-13(20-3)8-6-12/h5-8,11H,4,9-10H2,1-3H3,(H,17,18). The third-order valence-corrected chi connectivity index (χ3v) is 3.12. The van der Waals surface area contributed by atoms with E-state index < -0.39 is 5.97 Å². The molecule has 1 rings (SSSR count). The van der Waals surface area contributed by atoms with Crippen LogP contribution in [0.3, 0.4) is 0 Å². The zero-order valence-electron chi connectivity index (χ0n) is 12.1. The number of ether oxygens (including phenoxy) is 1. The van der Waals surface area contributed by atoms with Crippen LogP contribution in [-0.2, 0) is 9.59 Å². The number of benzene rings is 1. The van der Waals surface area contributed by atoms with Crippen molar-refractivity contribution in [2.45, 2.75) is 26.2 Å². The minimum atomic E-state index is -0.992. The lowest BCUT2D eigenvalue weighted by molar-refractivity contribution is -0.145. The molecule has 1 aromatic rings. The first-order chi connectivity index (χ1) is 9.49. The number of amides is 1. The van der Waals surface area contributed by atoms with Crippen LogP contribution in [0.5, 0.6) is 5.75 Å². The molecule has 0 saturated carbocycles. The van der Waals surface area contributed by atoms with E-state index >= 15 is 0 Å². The lowest BCUT2D eigenvalue weighted by atomic mass is 9.99. The highest BCUT2D eigenvalue weighted by Crippen LogP contribution is 2.21. The summed E-state index contributed by atoms with van der Waals surface area (Å²) in [7, 11) is 1.58. The van der Waals surface area contributed by atoms with Gasteiger partial charge >= 0.3 is 5.97 Å². The maximum absolute atomic E-state index is 12.4.